The quantitative estimate of drug-likeness (QED) is 0.300. The third-order valence-electron chi connectivity index (χ3n) is 4.87. The Balaban J connectivity index is 1.60. The number of ether oxygens (including phenoxy) is 1. The van der Waals surface area contributed by atoms with Crippen molar-refractivity contribution in [1.29, 1.82) is 0 Å². The summed E-state index contributed by atoms with van der Waals surface area (Å²) in [5.74, 6) is -0.619. The molecule has 0 spiro atoms. The van der Waals surface area contributed by atoms with E-state index in [1.54, 1.807) is 0 Å². The van der Waals surface area contributed by atoms with Gasteiger partial charge in [-0.05, 0) is 35.9 Å². The van der Waals surface area contributed by atoms with Crippen LogP contribution in [-0.2, 0) is 6.42 Å². The average Bonchev–Trinajstić information content (AvgIpc) is 3.35. The second kappa shape index (κ2) is 9.86. The van der Waals surface area contributed by atoms with E-state index in [0.717, 1.165) is 11.6 Å². The fourth-order valence-electron chi connectivity index (χ4n) is 3.36. The first kappa shape index (κ1) is 22.5. The summed E-state index contributed by atoms with van der Waals surface area (Å²) in [6.07, 6.45) is 2.84. The Hall–Kier alpha value is -4.67. The van der Waals surface area contributed by atoms with Crippen molar-refractivity contribution in [1.82, 2.24) is 14.8 Å². The number of alkyl halides is 2. The molecule has 0 unspecified atom stereocenters. The zero-order valence-electron chi connectivity index (χ0n) is 17.5. The van der Waals surface area contributed by atoms with Gasteiger partial charge in [0.1, 0.15) is 24.1 Å². The molecule has 0 saturated carbocycles. The van der Waals surface area contributed by atoms with Crippen LogP contribution in [0.1, 0.15) is 21.5 Å². The van der Waals surface area contributed by atoms with E-state index in [0.29, 0.717) is 17.7 Å². The molecule has 9 nitrogen and oxygen atoms in total. The Labute approximate surface area is 191 Å². The molecule has 0 bridgehead atoms. The third kappa shape index (κ3) is 5.21. The summed E-state index contributed by atoms with van der Waals surface area (Å²) in [6, 6.07) is 17.4. The van der Waals surface area contributed by atoms with Gasteiger partial charge in [0.15, 0.2) is 0 Å². The summed E-state index contributed by atoms with van der Waals surface area (Å²) in [6.45, 7) is -3.00. The first-order valence-corrected chi connectivity index (χ1v) is 9.97. The molecule has 1 aromatic heterocycles. The van der Waals surface area contributed by atoms with Crippen LogP contribution in [0.15, 0.2) is 79.4 Å². The number of nitro groups is 1. The lowest BCUT2D eigenvalue weighted by Gasteiger charge is -2.14. The molecule has 0 aliphatic rings. The van der Waals surface area contributed by atoms with Gasteiger partial charge in [0.25, 0.3) is 11.6 Å². The van der Waals surface area contributed by atoms with Gasteiger partial charge in [-0.2, -0.15) is 13.9 Å². The number of hydrogen-bond donors (Lipinski definition) is 1. The van der Waals surface area contributed by atoms with E-state index in [2.05, 4.69) is 20.1 Å². The lowest BCUT2D eigenvalue weighted by molar-refractivity contribution is -0.384. The Morgan fingerprint density at radius 3 is 2.59 bits per heavy atom. The van der Waals surface area contributed by atoms with Crippen molar-refractivity contribution in [3.8, 4) is 11.4 Å². The van der Waals surface area contributed by atoms with Crippen molar-refractivity contribution >= 4 is 17.3 Å². The molecule has 4 rings (SSSR count). The number of nitrogens with zero attached hydrogens (tertiary/aromatic N) is 4. The fraction of sp³-hybridized carbons (Fsp3) is 0.0870. The van der Waals surface area contributed by atoms with Crippen LogP contribution in [0, 0.1) is 10.1 Å². The molecule has 3 aromatic carbocycles. The van der Waals surface area contributed by atoms with E-state index >= 15 is 0 Å². The van der Waals surface area contributed by atoms with Crippen LogP contribution in [0.2, 0.25) is 0 Å². The number of rotatable bonds is 8. The smallest absolute Gasteiger partial charge is 0.387 e. The highest BCUT2D eigenvalue weighted by atomic mass is 19.3. The molecule has 0 fully saturated rings. The fourth-order valence-corrected chi connectivity index (χ4v) is 3.36. The number of hydrogen-bond acceptors (Lipinski definition) is 6. The van der Waals surface area contributed by atoms with E-state index in [4.69, 9.17) is 0 Å². The van der Waals surface area contributed by atoms with Gasteiger partial charge in [-0.15, -0.1) is 0 Å². The summed E-state index contributed by atoms with van der Waals surface area (Å²) in [5, 5.41) is 18.1. The molecule has 34 heavy (non-hydrogen) atoms. The van der Waals surface area contributed by atoms with Crippen LogP contribution in [0.5, 0.6) is 5.75 Å². The van der Waals surface area contributed by atoms with Crippen LogP contribution in [0.25, 0.3) is 5.69 Å². The number of halogens is 2. The first-order chi connectivity index (χ1) is 16.4. The van der Waals surface area contributed by atoms with Crippen molar-refractivity contribution < 1.29 is 23.2 Å². The van der Waals surface area contributed by atoms with Crippen molar-refractivity contribution in [2.24, 2.45) is 0 Å². The normalized spacial score (nSPS) is 10.8. The van der Waals surface area contributed by atoms with Crippen LogP contribution in [0.4, 0.5) is 20.2 Å². The number of nitrogens with one attached hydrogen (secondary N) is 1. The number of carbonyl (C=O) groups excluding carboxylic acids is 1. The van der Waals surface area contributed by atoms with Gasteiger partial charge in [-0.25, -0.2) is 9.67 Å². The van der Waals surface area contributed by atoms with E-state index in [1.807, 2.05) is 30.3 Å². The molecule has 0 radical (unpaired) electrons. The van der Waals surface area contributed by atoms with Gasteiger partial charge in [0, 0.05) is 29.3 Å². The molecule has 1 N–H and O–H groups in total. The molecule has 0 saturated heterocycles. The maximum absolute atomic E-state index is 12.9. The standard InChI is InChI=1S/C23H17F2N5O4/c24-23(25)34-21-9-7-18(11-17(21)10-15-4-2-1-3-5-15)28-22(31)16-6-8-19(20(12-16)30(32)33)29-14-26-13-27-29/h1-9,11-14,23H,10H2,(H,28,31). The van der Waals surface area contributed by atoms with Crippen molar-refractivity contribution in [3.63, 3.8) is 0 Å². The minimum atomic E-state index is -3.00. The second-order valence-electron chi connectivity index (χ2n) is 7.12. The predicted octanol–water partition coefficient (Wildman–Crippen LogP) is 4.62. The van der Waals surface area contributed by atoms with E-state index < -0.39 is 17.4 Å². The Bertz CT molecular complexity index is 1310. The number of nitro benzene ring substituents is 1. The van der Waals surface area contributed by atoms with E-state index in [9.17, 15) is 23.7 Å². The lowest BCUT2D eigenvalue weighted by Crippen LogP contribution is -2.13. The van der Waals surface area contributed by atoms with Crippen LogP contribution in [-0.4, -0.2) is 32.2 Å². The average molecular weight is 465 g/mol. The van der Waals surface area contributed by atoms with Gasteiger partial charge in [-0.1, -0.05) is 30.3 Å². The molecule has 0 aliphatic heterocycles. The monoisotopic (exact) mass is 465 g/mol. The number of amides is 1. The molecular formula is C23H17F2N5O4. The summed E-state index contributed by atoms with van der Waals surface area (Å²) in [4.78, 5) is 27.5. The van der Waals surface area contributed by atoms with Gasteiger partial charge in [0.05, 0.1) is 4.92 Å². The number of anilines is 1. The first-order valence-electron chi connectivity index (χ1n) is 9.97. The number of carbonyl (C=O) groups is 1. The van der Waals surface area contributed by atoms with Crippen molar-refractivity contribution in [2.75, 3.05) is 5.32 Å². The molecule has 172 valence electrons. The number of aromatic nitrogens is 3. The maximum atomic E-state index is 12.9. The molecule has 1 heterocycles. The van der Waals surface area contributed by atoms with E-state index in [1.165, 1.54) is 47.7 Å². The molecule has 0 aliphatic carbocycles. The maximum Gasteiger partial charge on any atom is 0.387 e. The van der Waals surface area contributed by atoms with Crippen molar-refractivity contribution in [3.05, 3.63) is 106 Å². The number of benzene rings is 3. The van der Waals surface area contributed by atoms with Gasteiger partial charge < -0.3 is 10.1 Å². The predicted molar refractivity (Wildman–Crippen MR) is 118 cm³/mol. The lowest BCUT2D eigenvalue weighted by atomic mass is 10.0. The Kier molecular flexibility index (Phi) is 6.53. The zero-order chi connectivity index (χ0) is 24.1. The van der Waals surface area contributed by atoms with Crippen molar-refractivity contribution in [2.45, 2.75) is 13.0 Å². The summed E-state index contributed by atoms with van der Waals surface area (Å²) in [7, 11) is 0. The SMILES string of the molecule is O=C(Nc1ccc(OC(F)F)c(Cc2ccccc2)c1)c1ccc(-n2cncn2)c([N+](=O)[O-])c1. The highest BCUT2D eigenvalue weighted by molar-refractivity contribution is 6.05. The van der Waals surface area contributed by atoms with Gasteiger partial charge in [0.2, 0.25) is 0 Å². The molecule has 11 heteroatoms. The summed E-state index contributed by atoms with van der Waals surface area (Å²) < 4.78 is 31.5. The Morgan fingerprint density at radius 1 is 1.12 bits per heavy atom. The molecule has 0 atom stereocenters. The highest BCUT2D eigenvalue weighted by Gasteiger charge is 2.20. The van der Waals surface area contributed by atoms with E-state index in [-0.39, 0.29) is 22.7 Å². The third-order valence-corrected chi connectivity index (χ3v) is 4.87. The van der Waals surface area contributed by atoms with Crippen LogP contribution >= 0.6 is 0 Å². The largest absolute Gasteiger partial charge is 0.435 e. The molecule has 1 amide bonds. The molecular weight excluding hydrogens is 448 g/mol. The second-order valence-corrected chi connectivity index (χ2v) is 7.12. The van der Waals surface area contributed by atoms with Crippen LogP contribution < -0.4 is 10.1 Å². The molecule has 4 aromatic rings. The van der Waals surface area contributed by atoms with Gasteiger partial charge in [-0.3, -0.25) is 14.9 Å². The minimum Gasteiger partial charge on any atom is -0.435 e. The summed E-state index contributed by atoms with van der Waals surface area (Å²) >= 11 is 0. The minimum absolute atomic E-state index is 0.00956. The topological polar surface area (TPSA) is 112 Å². The highest BCUT2D eigenvalue weighted by Crippen LogP contribution is 2.28. The summed E-state index contributed by atoms with van der Waals surface area (Å²) in [5.41, 5.74) is 1.48. The zero-order valence-corrected chi connectivity index (χ0v) is 17.5. The van der Waals surface area contributed by atoms with Gasteiger partial charge >= 0.3 is 6.61 Å². The Morgan fingerprint density at radius 2 is 1.91 bits per heavy atom. The van der Waals surface area contributed by atoms with Crippen LogP contribution in [0.3, 0.4) is 0 Å².